The van der Waals surface area contributed by atoms with Gasteiger partial charge in [0.05, 0.1) is 18.7 Å². The van der Waals surface area contributed by atoms with Crippen LogP contribution in [0.3, 0.4) is 0 Å². The molecule has 4 nitrogen and oxygen atoms in total. The molecule has 0 aliphatic heterocycles. The largest absolute Gasteiger partial charge is 0.495 e. The van der Waals surface area contributed by atoms with Gasteiger partial charge in [0.1, 0.15) is 5.75 Å². The second-order valence-electron chi connectivity index (χ2n) is 5.10. The number of nitrogens with one attached hydrogen (secondary N) is 2. The first-order valence-corrected chi connectivity index (χ1v) is 6.59. The first-order chi connectivity index (χ1) is 8.99. The third-order valence-corrected chi connectivity index (χ3v) is 3.18. The van der Waals surface area contributed by atoms with E-state index in [1.54, 1.807) is 7.11 Å². The fourth-order valence-electron chi connectivity index (χ4n) is 2.00. The van der Waals surface area contributed by atoms with E-state index in [1.165, 1.54) is 0 Å². The maximum Gasteiger partial charge on any atom is 0.229 e. The average molecular weight is 264 g/mol. The summed E-state index contributed by atoms with van der Waals surface area (Å²) in [6.07, 6.45) is 0. The van der Waals surface area contributed by atoms with Gasteiger partial charge in [-0.1, -0.05) is 19.9 Å². The number of benzene rings is 1. The minimum atomic E-state index is -0.0600. The summed E-state index contributed by atoms with van der Waals surface area (Å²) in [5, 5.41) is 6.03. The minimum absolute atomic E-state index is 0.0215. The topological polar surface area (TPSA) is 50.4 Å². The van der Waals surface area contributed by atoms with Crippen molar-refractivity contribution < 1.29 is 9.53 Å². The molecule has 2 N–H and O–H groups in total. The molecule has 0 fully saturated rings. The van der Waals surface area contributed by atoms with Crippen molar-refractivity contribution in [3.05, 3.63) is 23.8 Å². The third kappa shape index (κ3) is 4.24. The number of carbonyl (C=O) groups is 1. The summed E-state index contributed by atoms with van der Waals surface area (Å²) in [4.78, 5) is 12.3. The zero-order valence-electron chi connectivity index (χ0n) is 12.4. The van der Waals surface area contributed by atoms with Gasteiger partial charge in [0.2, 0.25) is 5.91 Å². The molecule has 19 heavy (non-hydrogen) atoms. The number of methoxy groups -OCH3 is 1. The van der Waals surface area contributed by atoms with Crippen molar-refractivity contribution in [2.45, 2.75) is 20.8 Å². The van der Waals surface area contributed by atoms with Gasteiger partial charge in [-0.05, 0) is 37.6 Å². The molecular weight excluding hydrogens is 240 g/mol. The summed E-state index contributed by atoms with van der Waals surface area (Å²) < 4.78 is 5.27. The molecule has 0 saturated heterocycles. The molecule has 0 aliphatic carbocycles. The Balaban J connectivity index is 2.88. The van der Waals surface area contributed by atoms with Crippen molar-refractivity contribution in [1.29, 1.82) is 0 Å². The lowest BCUT2D eigenvalue weighted by molar-refractivity contribution is -0.120. The highest BCUT2D eigenvalue weighted by molar-refractivity contribution is 5.94. The van der Waals surface area contributed by atoms with Crippen LogP contribution in [0.15, 0.2) is 18.2 Å². The van der Waals surface area contributed by atoms with Crippen LogP contribution < -0.4 is 15.4 Å². The maximum absolute atomic E-state index is 12.3. The summed E-state index contributed by atoms with van der Waals surface area (Å²) in [7, 11) is 3.46. The first-order valence-electron chi connectivity index (χ1n) is 6.59. The van der Waals surface area contributed by atoms with E-state index >= 15 is 0 Å². The Kier molecular flexibility index (Phi) is 5.83. The fourth-order valence-corrected chi connectivity index (χ4v) is 2.00. The fraction of sp³-hybridized carbons (Fsp3) is 0.533. The van der Waals surface area contributed by atoms with Gasteiger partial charge >= 0.3 is 0 Å². The third-order valence-electron chi connectivity index (χ3n) is 3.18. The van der Waals surface area contributed by atoms with E-state index in [4.69, 9.17) is 4.74 Å². The smallest absolute Gasteiger partial charge is 0.229 e. The molecule has 0 heterocycles. The Morgan fingerprint density at radius 2 is 2.05 bits per heavy atom. The highest BCUT2D eigenvalue weighted by atomic mass is 16.5. The second-order valence-corrected chi connectivity index (χ2v) is 5.10. The average Bonchev–Trinajstić information content (AvgIpc) is 2.35. The molecule has 1 unspecified atom stereocenters. The molecule has 0 aromatic heterocycles. The molecule has 106 valence electrons. The van der Waals surface area contributed by atoms with Crippen LogP contribution in [0.5, 0.6) is 5.75 Å². The number of anilines is 1. The van der Waals surface area contributed by atoms with Gasteiger partial charge < -0.3 is 15.4 Å². The summed E-state index contributed by atoms with van der Waals surface area (Å²) >= 11 is 0. The number of aryl methyl sites for hydroxylation is 1. The molecule has 1 amide bonds. The zero-order valence-corrected chi connectivity index (χ0v) is 12.4. The van der Waals surface area contributed by atoms with Crippen LogP contribution in [0.2, 0.25) is 0 Å². The standard InChI is InChI=1S/C15H24N2O2/c1-10(2)12(9-16-4)15(18)17-13-8-11(3)6-7-14(13)19-5/h6-8,10,12,16H,9H2,1-5H3,(H,17,18). The minimum Gasteiger partial charge on any atom is -0.495 e. The molecular formula is C15H24N2O2. The quantitative estimate of drug-likeness (QED) is 0.829. The van der Waals surface area contributed by atoms with Gasteiger partial charge in [0, 0.05) is 6.54 Å². The van der Waals surface area contributed by atoms with Gasteiger partial charge in [-0.3, -0.25) is 4.79 Å². The van der Waals surface area contributed by atoms with Crippen LogP contribution in [-0.2, 0) is 4.79 Å². The van der Waals surface area contributed by atoms with Crippen LogP contribution >= 0.6 is 0 Å². The zero-order chi connectivity index (χ0) is 14.4. The first kappa shape index (κ1) is 15.5. The lowest BCUT2D eigenvalue weighted by Gasteiger charge is -2.20. The van der Waals surface area contributed by atoms with Gasteiger partial charge in [0.15, 0.2) is 0 Å². The van der Waals surface area contributed by atoms with Gasteiger partial charge in [-0.2, -0.15) is 0 Å². The Labute approximate surface area is 115 Å². The number of amides is 1. The summed E-state index contributed by atoms with van der Waals surface area (Å²) in [5.41, 5.74) is 1.82. The van der Waals surface area contributed by atoms with E-state index in [-0.39, 0.29) is 17.7 Å². The summed E-state index contributed by atoms with van der Waals surface area (Å²) in [6, 6.07) is 5.75. The Bertz CT molecular complexity index is 430. The second kappa shape index (κ2) is 7.14. The van der Waals surface area contributed by atoms with Crippen LogP contribution in [0.1, 0.15) is 19.4 Å². The molecule has 4 heteroatoms. The van der Waals surface area contributed by atoms with Crippen molar-refractivity contribution >= 4 is 11.6 Å². The normalized spacial score (nSPS) is 12.3. The van der Waals surface area contributed by atoms with E-state index in [0.29, 0.717) is 12.3 Å². The van der Waals surface area contributed by atoms with Gasteiger partial charge in [-0.15, -0.1) is 0 Å². The SMILES string of the molecule is CNCC(C(=O)Nc1cc(C)ccc1OC)C(C)C. The number of ether oxygens (including phenoxy) is 1. The van der Waals surface area contributed by atoms with Crippen LogP contribution in [0, 0.1) is 18.8 Å². The van der Waals surface area contributed by atoms with Crippen molar-refractivity contribution in [3.63, 3.8) is 0 Å². The van der Waals surface area contributed by atoms with Crippen LogP contribution in [0.4, 0.5) is 5.69 Å². The highest BCUT2D eigenvalue weighted by Crippen LogP contribution is 2.26. The van der Waals surface area contributed by atoms with Crippen molar-refractivity contribution in [1.82, 2.24) is 5.32 Å². The van der Waals surface area contributed by atoms with Crippen molar-refractivity contribution in [2.24, 2.45) is 11.8 Å². The molecule has 0 bridgehead atoms. The molecule has 0 aliphatic rings. The maximum atomic E-state index is 12.3. The Morgan fingerprint density at radius 3 is 2.58 bits per heavy atom. The molecule has 1 aromatic rings. The number of rotatable bonds is 6. The number of carbonyl (C=O) groups excluding carboxylic acids is 1. The molecule has 0 saturated carbocycles. The van der Waals surface area contributed by atoms with E-state index in [0.717, 1.165) is 11.3 Å². The predicted molar refractivity (Wildman–Crippen MR) is 78.6 cm³/mol. The summed E-state index contributed by atoms with van der Waals surface area (Å²) in [5.74, 6) is 0.928. The molecule has 1 rings (SSSR count). The van der Waals surface area contributed by atoms with E-state index in [2.05, 4.69) is 24.5 Å². The predicted octanol–water partition coefficient (Wildman–Crippen LogP) is 2.43. The lowest BCUT2D eigenvalue weighted by Crippen LogP contribution is -2.34. The highest BCUT2D eigenvalue weighted by Gasteiger charge is 2.22. The molecule has 0 spiro atoms. The molecule has 0 radical (unpaired) electrons. The van der Waals surface area contributed by atoms with E-state index < -0.39 is 0 Å². The van der Waals surface area contributed by atoms with Gasteiger partial charge in [0.25, 0.3) is 0 Å². The van der Waals surface area contributed by atoms with E-state index in [9.17, 15) is 4.79 Å². The monoisotopic (exact) mass is 264 g/mol. The molecule has 1 aromatic carbocycles. The Hall–Kier alpha value is -1.55. The van der Waals surface area contributed by atoms with Crippen LogP contribution in [0.25, 0.3) is 0 Å². The van der Waals surface area contributed by atoms with E-state index in [1.807, 2.05) is 32.2 Å². The number of hydrogen-bond acceptors (Lipinski definition) is 3. The Morgan fingerprint density at radius 1 is 1.37 bits per heavy atom. The number of hydrogen-bond donors (Lipinski definition) is 2. The lowest BCUT2D eigenvalue weighted by atomic mass is 9.94. The van der Waals surface area contributed by atoms with Gasteiger partial charge in [-0.25, -0.2) is 0 Å². The van der Waals surface area contributed by atoms with Crippen LogP contribution in [-0.4, -0.2) is 26.6 Å². The van der Waals surface area contributed by atoms with Crippen molar-refractivity contribution in [3.8, 4) is 5.75 Å². The van der Waals surface area contributed by atoms with Crippen molar-refractivity contribution in [2.75, 3.05) is 26.0 Å². The molecule has 1 atom stereocenters. The summed E-state index contributed by atoms with van der Waals surface area (Å²) in [6.45, 7) is 6.75.